The topological polar surface area (TPSA) is 42.1 Å². The van der Waals surface area contributed by atoms with Crippen molar-refractivity contribution in [3.63, 3.8) is 0 Å². The summed E-state index contributed by atoms with van der Waals surface area (Å²) in [7, 11) is 0. The van der Waals surface area contributed by atoms with Crippen molar-refractivity contribution in [1.82, 2.24) is 4.98 Å². The Morgan fingerprint density at radius 3 is 2.34 bits per heavy atom. The minimum atomic E-state index is -0.587. The minimum Gasteiger partial charge on any atom is -0.455 e. The molecular formula is C24H22FNO2S. The molecule has 4 rings (SSSR count). The maximum atomic E-state index is 13.3. The molecule has 1 N–H and O–H groups in total. The van der Waals surface area contributed by atoms with Crippen LogP contribution in [0.4, 0.5) is 4.39 Å². The van der Waals surface area contributed by atoms with Crippen molar-refractivity contribution in [3.05, 3.63) is 71.0 Å². The second kappa shape index (κ2) is 7.16. The van der Waals surface area contributed by atoms with Gasteiger partial charge in [-0.1, -0.05) is 24.3 Å². The first-order valence-corrected chi connectivity index (χ1v) is 10.3. The van der Waals surface area contributed by atoms with Gasteiger partial charge >= 0.3 is 5.97 Å². The molecule has 0 aliphatic carbocycles. The summed E-state index contributed by atoms with van der Waals surface area (Å²) in [4.78, 5) is 17.2. The molecule has 0 atom stereocenters. The summed E-state index contributed by atoms with van der Waals surface area (Å²) >= 11 is 1.60. The lowest BCUT2D eigenvalue weighted by atomic mass is 10.0. The molecular weight excluding hydrogens is 385 g/mol. The first kappa shape index (κ1) is 19.4. The van der Waals surface area contributed by atoms with E-state index in [4.69, 9.17) is 4.74 Å². The highest BCUT2D eigenvalue weighted by Crippen LogP contribution is 2.38. The standard InChI is InChI=1S/C24H22FNO2S/c1-14-11-20(29-13-14)21-18-10-7-16(15-5-8-17(25)9-6-15)12-19(18)26-22(21)23(27)28-24(2,3)4/h5-13,26H,1-4H3. The lowest BCUT2D eigenvalue weighted by molar-refractivity contribution is 0.00648. The highest BCUT2D eigenvalue weighted by atomic mass is 32.1. The zero-order valence-electron chi connectivity index (χ0n) is 16.8. The van der Waals surface area contributed by atoms with Crippen LogP contribution in [-0.2, 0) is 4.74 Å². The van der Waals surface area contributed by atoms with Gasteiger partial charge < -0.3 is 9.72 Å². The van der Waals surface area contributed by atoms with E-state index in [-0.39, 0.29) is 11.8 Å². The molecule has 0 saturated carbocycles. The summed E-state index contributed by atoms with van der Waals surface area (Å²) in [6.45, 7) is 7.61. The Kier molecular flexibility index (Phi) is 4.79. The van der Waals surface area contributed by atoms with Crippen molar-refractivity contribution in [2.75, 3.05) is 0 Å². The smallest absolute Gasteiger partial charge is 0.355 e. The third kappa shape index (κ3) is 3.96. The molecule has 29 heavy (non-hydrogen) atoms. The second-order valence-corrected chi connectivity index (χ2v) is 9.04. The van der Waals surface area contributed by atoms with Crippen molar-refractivity contribution in [2.45, 2.75) is 33.3 Å². The maximum Gasteiger partial charge on any atom is 0.355 e. The van der Waals surface area contributed by atoms with E-state index in [1.807, 2.05) is 45.9 Å². The Bertz CT molecular complexity index is 1200. The average Bonchev–Trinajstić information content (AvgIpc) is 3.23. The van der Waals surface area contributed by atoms with Gasteiger partial charge in [0.2, 0.25) is 0 Å². The highest BCUT2D eigenvalue weighted by molar-refractivity contribution is 7.13. The van der Waals surface area contributed by atoms with Gasteiger partial charge in [0, 0.05) is 21.3 Å². The van der Waals surface area contributed by atoms with Crippen LogP contribution in [0.2, 0.25) is 0 Å². The van der Waals surface area contributed by atoms with Crippen LogP contribution in [0.15, 0.2) is 53.9 Å². The normalized spacial score (nSPS) is 11.8. The number of carbonyl (C=O) groups is 1. The van der Waals surface area contributed by atoms with Gasteiger partial charge in [0.05, 0.1) is 0 Å². The third-order valence-electron chi connectivity index (χ3n) is 4.56. The van der Waals surface area contributed by atoms with Crippen LogP contribution in [-0.4, -0.2) is 16.6 Å². The van der Waals surface area contributed by atoms with Gasteiger partial charge in [-0.05, 0) is 74.0 Å². The molecule has 5 heteroatoms. The molecule has 2 aromatic carbocycles. The fourth-order valence-electron chi connectivity index (χ4n) is 3.32. The Hall–Kier alpha value is -2.92. The molecule has 0 amide bonds. The molecule has 2 heterocycles. The van der Waals surface area contributed by atoms with E-state index >= 15 is 0 Å². The average molecular weight is 408 g/mol. The Labute approximate surface area is 173 Å². The van der Waals surface area contributed by atoms with Gasteiger partial charge in [-0.2, -0.15) is 0 Å². The Morgan fingerprint density at radius 2 is 1.72 bits per heavy atom. The molecule has 0 unspecified atom stereocenters. The summed E-state index contributed by atoms with van der Waals surface area (Å²) < 4.78 is 18.9. The van der Waals surface area contributed by atoms with Crippen LogP contribution in [0.5, 0.6) is 0 Å². The van der Waals surface area contributed by atoms with Crippen LogP contribution in [0.1, 0.15) is 36.8 Å². The van der Waals surface area contributed by atoms with E-state index in [0.29, 0.717) is 5.69 Å². The number of hydrogen-bond acceptors (Lipinski definition) is 3. The number of H-pyrrole nitrogens is 1. The summed E-state index contributed by atoms with van der Waals surface area (Å²) in [6.07, 6.45) is 0. The van der Waals surface area contributed by atoms with Gasteiger partial charge in [-0.15, -0.1) is 11.3 Å². The SMILES string of the molecule is Cc1csc(-c2c(C(=O)OC(C)(C)C)[nH]c3cc(-c4ccc(F)cc4)ccc23)c1. The second-order valence-electron chi connectivity index (χ2n) is 8.13. The largest absolute Gasteiger partial charge is 0.455 e. The summed E-state index contributed by atoms with van der Waals surface area (Å²) in [6, 6.07) is 14.4. The van der Waals surface area contributed by atoms with Gasteiger partial charge in [-0.25, -0.2) is 9.18 Å². The van der Waals surface area contributed by atoms with Crippen molar-refractivity contribution in [1.29, 1.82) is 0 Å². The number of aromatic amines is 1. The lowest BCUT2D eigenvalue weighted by Crippen LogP contribution is -2.24. The quantitative estimate of drug-likeness (QED) is 0.373. The van der Waals surface area contributed by atoms with Crippen molar-refractivity contribution >= 4 is 28.2 Å². The minimum absolute atomic E-state index is 0.266. The molecule has 0 radical (unpaired) electrons. The first-order valence-electron chi connectivity index (χ1n) is 9.42. The molecule has 3 nitrogen and oxygen atoms in total. The number of halogens is 1. The van der Waals surface area contributed by atoms with E-state index in [1.165, 1.54) is 12.1 Å². The van der Waals surface area contributed by atoms with E-state index in [2.05, 4.69) is 16.4 Å². The highest BCUT2D eigenvalue weighted by Gasteiger charge is 2.25. The van der Waals surface area contributed by atoms with Crippen LogP contribution < -0.4 is 0 Å². The number of ether oxygens (including phenoxy) is 1. The number of fused-ring (bicyclic) bond motifs is 1. The number of aromatic nitrogens is 1. The van der Waals surface area contributed by atoms with E-state index < -0.39 is 5.60 Å². The molecule has 0 aliphatic heterocycles. The van der Waals surface area contributed by atoms with Crippen LogP contribution in [0, 0.1) is 12.7 Å². The number of hydrogen-bond donors (Lipinski definition) is 1. The van der Waals surface area contributed by atoms with Gasteiger partial charge in [0.25, 0.3) is 0 Å². The van der Waals surface area contributed by atoms with Gasteiger partial charge in [-0.3, -0.25) is 0 Å². The van der Waals surface area contributed by atoms with E-state index in [1.54, 1.807) is 23.5 Å². The zero-order valence-corrected chi connectivity index (χ0v) is 17.6. The zero-order chi connectivity index (χ0) is 20.8. The van der Waals surface area contributed by atoms with E-state index in [9.17, 15) is 9.18 Å². The number of benzene rings is 2. The summed E-state index contributed by atoms with van der Waals surface area (Å²) in [5.74, 6) is -0.643. The molecule has 0 aliphatic rings. The maximum absolute atomic E-state index is 13.3. The van der Waals surface area contributed by atoms with Gasteiger partial charge in [0.15, 0.2) is 0 Å². The fourth-order valence-corrected chi connectivity index (χ4v) is 4.28. The molecule has 0 bridgehead atoms. The summed E-state index contributed by atoms with van der Waals surface area (Å²) in [5, 5.41) is 3.03. The molecule has 0 fully saturated rings. The predicted octanol–water partition coefficient (Wildman–Crippen LogP) is 6.97. The number of esters is 1. The number of rotatable bonds is 3. The Morgan fingerprint density at radius 1 is 1.03 bits per heavy atom. The molecule has 0 saturated heterocycles. The van der Waals surface area contributed by atoms with Crippen molar-refractivity contribution in [3.8, 4) is 21.6 Å². The lowest BCUT2D eigenvalue weighted by Gasteiger charge is -2.19. The van der Waals surface area contributed by atoms with Crippen molar-refractivity contribution in [2.24, 2.45) is 0 Å². The van der Waals surface area contributed by atoms with Crippen LogP contribution in [0.3, 0.4) is 0 Å². The number of thiophene rings is 1. The monoisotopic (exact) mass is 407 g/mol. The summed E-state index contributed by atoms with van der Waals surface area (Å²) in [5.41, 5.74) is 4.58. The molecule has 0 spiro atoms. The first-order chi connectivity index (χ1) is 13.7. The van der Waals surface area contributed by atoms with Crippen molar-refractivity contribution < 1.29 is 13.9 Å². The van der Waals surface area contributed by atoms with Gasteiger partial charge in [0.1, 0.15) is 17.1 Å². The van der Waals surface area contributed by atoms with E-state index in [0.717, 1.165) is 38.0 Å². The number of nitrogens with one attached hydrogen (secondary N) is 1. The third-order valence-corrected chi connectivity index (χ3v) is 5.62. The van der Waals surface area contributed by atoms with Crippen LogP contribution in [0.25, 0.3) is 32.5 Å². The van der Waals surface area contributed by atoms with Crippen LogP contribution >= 0.6 is 11.3 Å². The Balaban J connectivity index is 1.88. The molecule has 148 valence electrons. The number of carbonyl (C=O) groups excluding carboxylic acids is 1. The fraction of sp³-hybridized carbons (Fsp3) is 0.208. The predicted molar refractivity (Wildman–Crippen MR) is 117 cm³/mol. The molecule has 4 aromatic rings. The number of aryl methyl sites for hydroxylation is 1. The molecule has 2 aromatic heterocycles.